The largest absolute Gasteiger partial charge is 0.351 e. The number of hydrogen-bond acceptors (Lipinski definition) is 3. The lowest BCUT2D eigenvalue weighted by molar-refractivity contribution is 0.0947. The van der Waals surface area contributed by atoms with Crippen LogP contribution in [0.2, 0.25) is 5.02 Å². The van der Waals surface area contributed by atoms with Crippen molar-refractivity contribution in [2.24, 2.45) is 0 Å². The standard InChI is InChI=1S/C13H18ClN3O/c14-12-3-1-11(2-4-12)13(18)16-7-10-17-8-5-15-6-9-17/h1-4,15H,5-10H2,(H,16,18). The van der Waals surface area contributed by atoms with Gasteiger partial charge < -0.3 is 10.6 Å². The summed E-state index contributed by atoms with van der Waals surface area (Å²) in [5.74, 6) is -0.0400. The zero-order valence-electron chi connectivity index (χ0n) is 10.3. The molecule has 0 radical (unpaired) electrons. The van der Waals surface area contributed by atoms with E-state index in [1.165, 1.54) is 0 Å². The lowest BCUT2D eigenvalue weighted by Gasteiger charge is -2.27. The second-order valence-electron chi connectivity index (χ2n) is 4.35. The Balaban J connectivity index is 1.72. The van der Waals surface area contributed by atoms with Crippen molar-refractivity contribution in [1.82, 2.24) is 15.5 Å². The summed E-state index contributed by atoms with van der Waals surface area (Å²) in [6.07, 6.45) is 0. The molecule has 0 aromatic heterocycles. The summed E-state index contributed by atoms with van der Waals surface area (Å²) >= 11 is 5.78. The fourth-order valence-corrected chi connectivity index (χ4v) is 2.09. The molecule has 1 saturated heterocycles. The molecular weight excluding hydrogens is 250 g/mol. The molecule has 1 heterocycles. The average Bonchev–Trinajstić information content (AvgIpc) is 2.40. The van der Waals surface area contributed by atoms with E-state index < -0.39 is 0 Å². The van der Waals surface area contributed by atoms with Gasteiger partial charge in [0.2, 0.25) is 0 Å². The van der Waals surface area contributed by atoms with Gasteiger partial charge in [-0.1, -0.05) is 11.6 Å². The second kappa shape index (κ2) is 6.73. The molecule has 0 aliphatic carbocycles. The van der Waals surface area contributed by atoms with Gasteiger partial charge in [0.25, 0.3) is 5.91 Å². The van der Waals surface area contributed by atoms with Gasteiger partial charge in [-0.05, 0) is 24.3 Å². The van der Waals surface area contributed by atoms with Gasteiger partial charge in [0.05, 0.1) is 0 Å². The third-order valence-corrected chi connectivity index (χ3v) is 3.28. The Morgan fingerprint density at radius 3 is 2.61 bits per heavy atom. The van der Waals surface area contributed by atoms with E-state index in [4.69, 9.17) is 11.6 Å². The van der Waals surface area contributed by atoms with Crippen LogP contribution < -0.4 is 10.6 Å². The molecular formula is C13H18ClN3O. The molecule has 2 rings (SSSR count). The van der Waals surface area contributed by atoms with Crippen LogP contribution in [0.3, 0.4) is 0 Å². The number of piperazine rings is 1. The Kier molecular flexibility index (Phi) is 4.99. The SMILES string of the molecule is O=C(NCCN1CCNCC1)c1ccc(Cl)cc1. The molecule has 0 saturated carbocycles. The summed E-state index contributed by atoms with van der Waals surface area (Å²) in [5.41, 5.74) is 0.653. The summed E-state index contributed by atoms with van der Waals surface area (Å²) in [7, 11) is 0. The molecule has 1 fully saturated rings. The number of halogens is 1. The van der Waals surface area contributed by atoms with E-state index in [0.717, 1.165) is 32.7 Å². The number of hydrogen-bond donors (Lipinski definition) is 2. The van der Waals surface area contributed by atoms with E-state index in [-0.39, 0.29) is 5.91 Å². The molecule has 0 atom stereocenters. The monoisotopic (exact) mass is 267 g/mol. The molecule has 1 aliphatic heterocycles. The van der Waals surface area contributed by atoms with E-state index in [2.05, 4.69) is 15.5 Å². The van der Waals surface area contributed by atoms with Crippen LogP contribution in [0.5, 0.6) is 0 Å². The third kappa shape index (κ3) is 3.98. The molecule has 0 spiro atoms. The number of nitrogens with one attached hydrogen (secondary N) is 2. The highest BCUT2D eigenvalue weighted by atomic mass is 35.5. The lowest BCUT2D eigenvalue weighted by atomic mass is 10.2. The lowest BCUT2D eigenvalue weighted by Crippen LogP contribution is -2.46. The minimum absolute atomic E-state index is 0.0400. The van der Waals surface area contributed by atoms with Crippen LogP contribution in [0.4, 0.5) is 0 Å². The van der Waals surface area contributed by atoms with Gasteiger partial charge in [-0.3, -0.25) is 9.69 Å². The first-order valence-electron chi connectivity index (χ1n) is 6.22. The maximum Gasteiger partial charge on any atom is 0.251 e. The maximum atomic E-state index is 11.8. The number of carbonyl (C=O) groups excluding carboxylic acids is 1. The topological polar surface area (TPSA) is 44.4 Å². The van der Waals surface area contributed by atoms with Crippen LogP contribution in [0.15, 0.2) is 24.3 Å². The van der Waals surface area contributed by atoms with Gasteiger partial charge in [0.1, 0.15) is 0 Å². The van der Waals surface area contributed by atoms with Crippen LogP contribution in [0.1, 0.15) is 10.4 Å². The molecule has 0 unspecified atom stereocenters. The summed E-state index contributed by atoms with van der Waals surface area (Å²) < 4.78 is 0. The molecule has 1 amide bonds. The molecule has 98 valence electrons. The Bertz CT molecular complexity index is 388. The van der Waals surface area contributed by atoms with Crippen molar-refractivity contribution >= 4 is 17.5 Å². The Morgan fingerprint density at radius 1 is 1.28 bits per heavy atom. The predicted molar refractivity (Wildman–Crippen MR) is 73.1 cm³/mol. The molecule has 1 aromatic rings. The summed E-state index contributed by atoms with van der Waals surface area (Å²) in [5, 5.41) is 6.87. The zero-order chi connectivity index (χ0) is 12.8. The smallest absolute Gasteiger partial charge is 0.251 e. The minimum atomic E-state index is -0.0400. The van der Waals surface area contributed by atoms with E-state index >= 15 is 0 Å². The Labute approximate surface area is 112 Å². The predicted octanol–water partition coefficient (Wildman–Crippen LogP) is 0.975. The number of nitrogens with zero attached hydrogens (tertiary/aromatic N) is 1. The number of carbonyl (C=O) groups is 1. The van der Waals surface area contributed by atoms with Crippen molar-refractivity contribution in [1.29, 1.82) is 0 Å². The molecule has 2 N–H and O–H groups in total. The minimum Gasteiger partial charge on any atom is -0.351 e. The molecule has 18 heavy (non-hydrogen) atoms. The van der Waals surface area contributed by atoms with Crippen LogP contribution in [-0.2, 0) is 0 Å². The molecule has 1 aromatic carbocycles. The molecule has 5 heteroatoms. The zero-order valence-corrected chi connectivity index (χ0v) is 11.0. The Morgan fingerprint density at radius 2 is 1.94 bits per heavy atom. The maximum absolute atomic E-state index is 11.8. The highest BCUT2D eigenvalue weighted by Gasteiger charge is 2.10. The van der Waals surface area contributed by atoms with Gasteiger partial charge >= 0.3 is 0 Å². The normalized spacial score (nSPS) is 16.5. The molecule has 1 aliphatic rings. The van der Waals surface area contributed by atoms with Crippen LogP contribution in [0.25, 0.3) is 0 Å². The van der Waals surface area contributed by atoms with Gasteiger partial charge in [-0.15, -0.1) is 0 Å². The van der Waals surface area contributed by atoms with E-state index in [1.807, 2.05) is 0 Å². The number of benzene rings is 1. The number of amides is 1. The first-order chi connectivity index (χ1) is 8.75. The van der Waals surface area contributed by atoms with Gasteiger partial charge in [-0.25, -0.2) is 0 Å². The third-order valence-electron chi connectivity index (χ3n) is 3.03. The van der Waals surface area contributed by atoms with Crippen molar-refractivity contribution < 1.29 is 4.79 Å². The van der Waals surface area contributed by atoms with Crippen molar-refractivity contribution in [2.75, 3.05) is 39.3 Å². The summed E-state index contributed by atoms with van der Waals surface area (Å²) in [6.45, 7) is 5.76. The highest BCUT2D eigenvalue weighted by Crippen LogP contribution is 2.09. The van der Waals surface area contributed by atoms with Crippen molar-refractivity contribution in [3.63, 3.8) is 0 Å². The highest BCUT2D eigenvalue weighted by molar-refractivity contribution is 6.30. The van der Waals surface area contributed by atoms with Crippen molar-refractivity contribution in [2.45, 2.75) is 0 Å². The fourth-order valence-electron chi connectivity index (χ4n) is 1.97. The molecule has 0 bridgehead atoms. The summed E-state index contributed by atoms with van der Waals surface area (Å²) in [6, 6.07) is 6.94. The first kappa shape index (κ1) is 13.3. The van der Waals surface area contributed by atoms with E-state index in [0.29, 0.717) is 17.1 Å². The first-order valence-corrected chi connectivity index (χ1v) is 6.60. The second-order valence-corrected chi connectivity index (χ2v) is 4.79. The average molecular weight is 268 g/mol. The Hall–Kier alpha value is -1.10. The van der Waals surface area contributed by atoms with E-state index in [9.17, 15) is 4.79 Å². The van der Waals surface area contributed by atoms with Crippen LogP contribution in [-0.4, -0.2) is 50.1 Å². The van der Waals surface area contributed by atoms with Crippen molar-refractivity contribution in [3.05, 3.63) is 34.9 Å². The van der Waals surface area contributed by atoms with Gasteiger partial charge in [-0.2, -0.15) is 0 Å². The van der Waals surface area contributed by atoms with Crippen LogP contribution in [0, 0.1) is 0 Å². The number of rotatable bonds is 4. The van der Waals surface area contributed by atoms with E-state index in [1.54, 1.807) is 24.3 Å². The quantitative estimate of drug-likeness (QED) is 0.855. The fraction of sp³-hybridized carbons (Fsp3) is 0.462. The molecule has 4 nitrogen and oxygen atoms in total. The van der Waals surface area contributed by atoms with Gasteiger partial charge in [0, 0.05) is 49.9 Å². The van der Waals surface area contributed by atoms with Crippen LogP contribution >= 0.6 is 11.6 Å². The van der Waals surface area contributed by atoms with Crippen molar-refractivity contribution in [3.8, 4) is 0 Å². The summed E-state index contributed by atoms with van der Waals surface area (Å²) in [4.78, 5) is 14.2. The van der Waals surface area contributed by atoms with Gasteiger partial charge in [0.15, 0.2) is 0 Å².